The van der Waals surface area contributed by atoms with Crippen molar-refractivity contribution in [3.05, 3.63) is 89.4 Å². The Bertz CT molecular complexity index is 908. The molecule has 3 rings (SSSR count). The minimum Gasteiger partial charge on any atom is -0.484 e. The fourth-order valence-corrected chi connectivity index (χ4v) is 2.85. The molecule has 0 aliphatic rings. The second-order valence-corrected chi connectivity index (χ2v) is 6.37. The number of carbonyl (C=O) groups excluding carboxylic acids is 1. The van der Waals surface area contributed by atoms with Gasteiger partial charge in [0.05, 0.1) is 6.54 Å². The zero-order valence-corrected chi connectivity index (χ0v) is 15.4. The van der Waals surface area contributed by atoms with Gasteiger partial charge in [-0.15, -0.1) is 0 Å². The SMILES string of the molecule is Cc1cc(C)cc(OCC(=O)N(Cc2ccccc2F)c2ccccn2)c1. The van der Waals surface area contributed by atoms with Crippen LogP contribution in [0.3, 0.4) is 0 Å². The van der Waals surface area contributed by atoms with Crippen LogP contribution in [0, 0.1) is 19.7 Å². The molecule has 4 nitrogen and oxygen atoms in total. The zero-order chi connectivity index (χ0) is 19.2. The van der Waals surface area contributed by atoms with E-state index in [1.54, 1.807) is 42.6 Å². The molecular weight excluding hydrogens is 343 g/mol. The van der Waals surface area contributed by atoms with Crippen LogP contribution < -0.4 is 9.64 Å². The highest BCUT2D eigenvalue weighted by molar-refractivity contribution is 5.93. The number of anilines is 1. The standard InChI is InChI=1S/C22H21FN2O2/c1-16-11-17(2)13-19(12-16)27-15-22(26)25(21-9-5-6-10-24-21)14-18-7-3-4-8-20(18)23/h3-13H,14-15H2,1-2H3. The molecule has 0 N–H and O–H groups in total. The summed E-state index contributed by atoms with van der Waals surface area (Å²) < 4.78 is 19.8. The predicted molar refractivity (Wildman–Crippen MR) is 103 cm³/mol. The number of ether oxygens (including phenoxy) is 1. The average molecular weight is 364 g/mol. The number of aromatic nitrogens is 1. The van der Waals surface area contributed by atoms with Crippen molar-refractivity contribution in [1.82, 2.24) is 4.98 Å². The molecular formula is C22H21FN2O2. The van der Waals surface area contributed by atoms with Crippen LogP contribution in [0.15, 0.2) is 66.9 Å². The molecule has 0 unspecified atom stereocenters. The maximum atomic E-state index is 14.1. The molecule has 138 valence electrons. The third-order valence-electron chi connectivity index (χ3n) is 4.07. The second-order valence-electron chi connectivity index (χ2n) is 6.37. The van der Waals surface area contributed by atoms with Gasteiger partial charge in [-0.3, -0.25) is 9.69 Å². The molecule has 0 radical (unpaired) electrons. The number of aryl methyl sites for hydroxylation is 2. The van der Waals surface area contributed by atoms with Gasteiger partial charge in [0.1, 0.15) is 17.4 Å². The predicted octanol–water partition coefficient (Wildman–Crippen LogP) is 4.45. The molecule has 0 atom stereocenters. The topological polar surface area (TPSA) is 42.4 Å². The molecule has 0 spiro atoms. The Morgan fingerprint density at radius 2 is 1.74 bits per heavy atom. The number of pyridine rings is 1. The van der Waals surface area contributed by atoms with Gasteiger partial charge in [-0.2, -0.15) is 0 Å². The fraction of sp³-hybridized carbons (Fsp3) is 0.182. The molecule has 0 aliphatic heterocycles. The Balaban J connectivity index is 1.79. The highest BCUT2D eigenvalue weighted by Gasteiger charge is 2.19. The summed E-state index contributed by atoms with van der Waals surface area (Å²) in [6.45, 7) is 3.87. The number of carbonyl (C=O) groups is 1. The lowest BCUT2D eigenvalue weighted by atomic mass is 10.1. The van der Waals surface area contributed by atoms with Gasteiger partial charge in [-0.05, 0) is 55.3 Å². The molecule has 3 aromatic rings. The summed E-state index contributed by atoms with van der Waals surface area (Å²) in [7, 11) is 0. The van der Waals surface area contributed by atoms with E-state index >= 15 is 0 Å². The van der Waals surface area contributed by atoms with Crippen molar-refractivity contribution in [2.45, 2.75) is 20.4 Å². The maximum absolute atomic E-state index is 14.1. The Hall–Kier alpha value is -3.21. The van der Waals surface area contributed by atoms with Crippen LogP contribution in [0.25, 0.3) is 0 Å². The average Bonchev–Trinajstić information content (AvgIpc) is 2.65. The van der Waals surface area contributed by atoms with Crippen molar-refractivity contribution in [3.8, 4) is 5.75 Å². The quantitative estimate of drug-likeness (QED) is 0.649. The van der Waals surface area contributed by atoms with Crippen molar-refractivity contribution in [2.75, 3.05) is 11.5 Å². The summed E-state index contributed by atoms with van der Waals surface area (Å²) in [5.74, 6) is 0.431. The van der Waals surface area contributed by atoms with Crippen LogP contribution in [0.2, 0.25) is 0 Å². The van der Waals surface area contributed by atoms with Crippen LogP contribution in [0.5, 0.6) is 5.75 Å². The molecule has 0 saturated heterocycles. The van der Waals surface area contributed by atoms with Crippen molar-refractivity contribution in [3.63, 3.8) is 0 Å². The zero-order valence-electron chi connectivity index (χ0n) is 15.4. The van der Waals surface area contributed by atoms with E-state index in [4.69, 9.17) is 4.74 Å². The Labute approximate surface area is 158 Å². The normalized spacial score (nSPS) is 10.5. The van der Waals surface area contributed by atoms with Gasteiger partial charge in [0.2, 0.25) is 0 Å². The Morgan fingerprint density at radius 1 is 1.04 bits per heavy atom. The third-order valence-corrected chi connectivity index (χ3v) is 4.07. The smallest absolute Gasteiger partial charge is 0.266 e. The number of hydrogen-bond acceptors (Lipinski definition) is 3. The maximum Gasteiger partial charge on any atom is 0.266 e. The monoisotopic (exact) mass is 364 g/mol. The van der Waals surface area contributed by atoms with E-state index in [-0.39, 0.29) is 24.9 Å². The van der Waals surface area contributed by atoms with E-state index in [9.17, 15) is 9.18 Å². The first-order chi connectivity index (χ1) is 13.0. The highest BCUT2D eigenvalue weighted by atomic mass is 19.1. The minimum absolute atomic E-state index is 0.0821. The minimum atomic E-state index is -0.360. The van der Waals surface area contributed by atoms with Gasteiger partial charge in [-0.1, -0.05) is 30.3 Å². The fourth-order valence-electron chi connectivity index (χ4n) is 2.85. The number of nitrogens with zero attached hydrogens (tertiary/aromatic N) is 2. The first kappa shape index (κ1) is 18.6. The summed E-state index contributed by atoms with van der Waals surface area (Å²) in [4.78, 5) is 18.5. The first-order valence-corrected chi connectivity index (χ1v) is 8.69. The van der Waals surface area contributed by atoms with Crippen molar-refractivity contribution < 1.29 is 13.9 Å². The molecule has 0 aliphatic carbocycles. The van der Waals surface area contributed by atoms with Gasteiger partial charge in [0.25, 0.3) is 5.91 Å². The van der Waals surface area contributed by atoms with E-state index < -0.39 is 0 Å². The molecule has 27 heavy (non-hydrogen) atoms. The van der Waals surface area contributed by atoms with E-state index in [2.05, 4.69) is 4.98 Å². The van der Waals surface area contributed by atoms with Crippen molar-refractivity contribution in [1.29, 1.82) is 0 Å². The van der Waals surface area contributed by atoms with Crippen LogP contribution in [-0.4, -0.2) is 17.5 Å². The van der Waals surface area contributed by atoms with E-state index in [1.165, 1.54) is 11.0 Å². The molecule has 1 heterocycles. The summed E-state index contributed by atoms with van der Waals surface area (Å²) in [6.07, 6.45) is 1.60. The molecule has 1 amide bonds. The summed E-state index contributed by atoms with van der Waals surface area (Å²) in [6, 6.07) is 17.5. The largest absolute Gasteiger partial charge is 0.484 e. The third kappa shape index (κ3) is 4.91. The summed E-state index contributed by atoms with van der Waals surface area (Å²) in [5.41, 5.74) is 2.54. The van der Waals surface area contributed by atoms with E-state index in [0.29, 0.717) is 17.1 Å². The molecule has 0 bridgehead atoms. The molecule has 0 fully saturated rings. The second kappa shape index (κ2) is 8.45. The molecule has 1 aromatic heterocycles. The number of halogens is 1. The molecule has 0 saturated carbocycles. The highest BCUT2D eigenvalue weighted by Crippen LogP contribution is 2.19. The molecule has 5 heteroatoms. The Kier molecular flexibility index (Phi) is 5.81. The summed E-state index contributed by atoms with van der Waals surface area (Å²) in [5, 5.41) is 0. The lowest BCUT2D eigenvalue weighted by Crippen LogP contribution is -2.35. The van der Waals surface area contributed by atoms with E-state index in [1.807, 2.05) is 32.0 Å². The molecule has 2 aromatic carbocycles. The number of rotatable bonds is 6. The Morgan fingerprint density at radius 3 is 2.41 bits per heavy atom. The van der Waals surface area contributed by atoms with E-state index in [0.717, 1.165) is 11.1 Å². The van der Waals surface area contributed by atoms with Crippen molar-refractivity contribution in [2.24, 2.45) is 0 Å². The number of benzene rings is 2. The van der Waals surface area contributed by atoms with Gasteiger partial charge >= 0.3 is 0 Å². The van der Waals surface area contributed by atoms with Crippen LogP contribution in [0.4, 0.5) is 10.2 Å². The lowest BCUT2D eigenvalue weighted by molar-refractivity contribution is -0.120. The lowest BCUT2D eigenvalue weighted by Gasteiger charge is -2.22. The number of hydrogen-bond donors (Lipinski definition) is 0. The van der Waals surface area contributed by atoms with Gasteiger partial charge in [0.15, 0.2) is 6.61 Å². The van der Waals surface area contributed by atoms with Gasteiger partial charge in [0, 0.05) is 11.8 Å². The van der Waals surface area contributed by atoms with Gasteiger partial charge in [-0.25, -0.2) is 9.37 Å². The van der Waals surface area contributed by atoms with Crippen molar-refractivity contribution >= 4 is 11.7 Å². The van der Waals surface area contributed by atoms with Crippen LogP contribution >= 0.6 is 0 Å². The number of amides is 1. The van der Waals surface area contributed by atoms with Gasteiger partial charge < -0.3 is 4.74 Å². The van der Waals surface area contributed by atoms with Crippen LogP contribution in [0.1, 0.15) is 16.7 Å². The first-order valence-electron chi connectivity index (χ1n) is 8.69. The van der Waals surface area contributed by atoms with Crippen LogP contribution in [-0.2, 0) is 11.3 Å². The summed E-state index contributed by atoms with van der Waals surface area (Å²) >= 11 is 0.